The van der Waals surface area contributed by atoms with E-state index in [4.69, 9.17) is 4.74 Å². The molecule has 0 aromatic carbocycles. The molecule has 0 saturated carbocycles. The molecule has 1 N–H and O–H groups in total. The maximum absolute atomic E-state index is 5.30. The number of piperidine rings is 1. The third kappa shape index (κ3) is 5.50. The van der Waals surface area contributed by atoms with Crippen molar-refractivity contribution in [1.82, 2.24) is 10.2 Å². The summed E-state index contributed by atoms with van der Waals surface area (Å²) in [5.74, 6) is 0. The Morgan fingerprint density at radius 1 is 1.40 bits per heavy atom. The van der Waals surface area contributed by atoms with E-state index in [1.54, 1.807) is 0 Å². The summed E-state index contributed by atoms with van der Waals surface area (Å²) >= 11 is 0. The van der Waals surface area contributed by atoms with Crippen LogP contribution in [0.25, 0.3) is 0 Å². The average molecular weight is 214 g/mol. The summed E-state index contributed by atoms with van der Waals surface area (Å²) in [7, 11) is 2.24. The summed E-state index contributed by atoms with van der Waals surface area (Å²) in [6.07, 6.45) is 5.26. The zero-order valence-electron chi connectivity index (χ0n) is 10.3. The van der Waals surface area contributed by atoms with Gasteiger partial charge in [0.25, 0.3) is 0 Å². The molecule has 0 aliphatic carbocycles. The zero-order valence-corrected chi connectivity index (χ0v) is 10.3. The Balaban J connectivity index is 1.94. The van der Waals surface area contributed by atoms with Gasteiger partial charge in [-0.15, -0.1) is 0 Å². The second kappa shape index (κ2) is 8.08. The second-order valence-corrected chi connectivity index (χ2v) is 4.38. The minimum atomic E-state index is 0.755. The third-order valence-electron chi connectivity index (χ3n) is 3.15. The largest absolute Gasteiger partial charge is 0.382 e. The highest BCUT2D eigenvalue weighted by atomic mass is 16.5. The molecular weight excluding hydrogens is 188 g/mol. The van der Waals surface area contributed by atoms with Crippen molar-refractivity contribution in [2.24, 2.45) is 0 Å². The highest BCUT2D eigenvalue weighted by Crippen LogP contribution is 2.13. The van der Waals surface area contributed by atoms with Crippen LogP contribution in [0.2, 0.25) is 0 Å². The SMILES string of the molecule is CCOCCCNCC1CCCCN1C. The van der Waals surface area contributed by atoms with Gasteiger partial charge >= 0.3 is 0 Å². The lowest BCUT2D eigenvalue weighted by Gasteiger charge is -2.32. The van der Waals surface area contributed by atoms with E-state index in [0.717, 1.165) is 38.8 Å². The molecule has 1 rings (SSSR count). The van der Waals surface area contributed by atoms with Gasteiger partial charge in [-0.3, -0.25) is 0 Å². The van der Waals surface area contributed by atoms with E-state index in [1.165, 1.54) is 25.8 Å². The molecule has 3 heteroatoms. The lowest BCUT2D eigenvalue weighted by atomic mass is 10.0. The van der Waals surface area contributed by atoms with Crippen LogP contribution in [0.5, 0.6) is 0 Å². The molecular formula is C12H26N2O. The summed E-state index contributed by atoms with van der Waals surface area (Å²) < 4.78 is 5.30. The predicted octanol–water partition coefficient (Wildman–Crippen LogP) is 1.49. The van der Waals surface area contributed by atoms with E-state index in [0.29, 0.717) is 0 Å². The summed E-state index contributed by atoms with van der Waals surface area (Å²) in [6.45, 7) is 7.28. The second-order valence-electron chi connectivity index (χ2n) is 4.38. The van der Waals surface area contributed by atoms with Gasteiger partial charge in [0.15, 0.2) is 0 Å². The summed E-state index contributed by atoms with van der Waals surface area (Å²) in [4.78, 5) is 2.49. The normalized spacial score (nSPS) is 23.2. The van der Waals surface area contributed by atoms with Crippen molar-refractivity contribution >= 4 is 0 Å². The van der Waals surface area contributed by atoms with Crippen LogP contribution in [0, 0.1) is 0 Å². The van der Waals surface area contributed by atoms with E-state index in [1.807, 2.05) is 6.92 Å². The first kappa shape index (κ1) is 12.9. The molecule has 0 radical (unpaired) electrons. The van der Waals surface area contributed by atoms with Crippen molar-refractivity contribution < 1.29 is 4.74 Å². The molecule has 15 heavy (non-hydrogen) atoms. The van der Waals surface area contributed by atoms with Crippen molar-refractivity contribution in [1.29, 1.82) is 0 Å². The molecule has 1 heterocycles. The number of rotatable bonds is 7. The van der Waals surface area contributed by atoms with Crippen molar-refractivity contribution in [2.75, 3.05) is 39.9 Å². The Morgan fingerprint density at radius 2 is 2.27 bits per heavy atom. The maximum atomic E-state index is 5.30. The van der Waals surface area contributed by atoms with E-state index >= 15 is 0 Å². The topological polar surface area (TPSA) is 24.5 Å². The first-order chi connectivity index (χ1) is 7.34. The molecule has 1 atom stereocenters. The van der Waals surface area contributed by atoms with E-state index in [9.17, 15) is 0 Å². The molecule has 1 saturated heterocycles. The molecule has 1 aliphatic rings. The van der Waals surface area contributed by atoms with Crippen LogP contribution >= 0.6 is 0 Å². The molecule has 0 amide bonds. The zero-order chi connectivity index (χ0) is 10.9. The number of hydrogen-bond donors (Lipinski definition) is 1. The smallest absolute Gasteiger partial charge is 0.0477 e. The highest BCUT2D eigenvalue weighted by Gasteiger charge is 2.17. The van der Waals surface area contributed by atoms with Crippen molar-refractivity contribution in [2.45, 2.75) is 38.6 Å². The fourth-order valence-corrected chi connectivity index (χ4v) is 2.11. The number of nitrogens with one attached hydrogen (secondary N) is 1. The Hall–Kier alpha value is -0.120. The quantitative estimate of drug-likeness (QED) is 0.650. The number of hydrogen-bond acceptors (Lipinski definition) is 3. The monoisotopic (exact) mass is 214 g/mol. The molecule has 1 unspecified atom stereocenters. The Labute approximate surface area is 94.2 Å². The third-order valence-corrected chi connectivity index (χ3v) is 3.15. The first-order valence-corrected chi connectivity index (χ1v) is 6.33. The van der Waals surface area contributed by atoms with Crippen LogP contribution in [0.3, 0.4) is 0 Å². The van der Waals surface area contributed by atoms with Gasteiger partial charge in [-0.25, -0.2) is 0 Å². The molecule has 0 bridgehead atoms. The van der Waals surface area contributed by atoms with Crippen LogP contribution in [0.4, 0.5) is 0 Å². The standard InChI is InChI=1S/C12H26N2O/c1-3-15-10-6-8-13-11-12-7-4-5-9-14(12)2/h12-13H,3-11H2,1-2H3. The van der Waals surface area contributed by atoms with Gasteiger partial charge in [-0.1, -0.05) is 6.42 Å². The number of likely N-dealkylation sites (N-methyl/N-ethyl adjacent to an activating group) is 1. The minimum absolute atomic E-state index is 0.755. The number of ether oxygens (including phenoxy) is 1. The molecule has 1 aliphatic heterocycles. The Kier molecular flexibility index (Phi) is 6.98. The first-order valence-electron chi connectivity index (χ1n) is 6.33. The van der Waals surface area contributed by atoms with Gasteiger partial charge in [0, 0.05) is 25.8 Å². The van der Waals surface area contributed by atoms with Crippen LogP contribution in [0.1, 0.15) is 32.6 Å². The lowest BCUT2D eigenvalue weighted by molar-refractivity contribution is 0.142. The molecule has 0 aromatic heterocycles. The van der Waals surface area contributed by atoms with Crippen molar-refractivity contribution in [3.05, 3.63) is 0 Å². The minimum Gasteiger partial charge on any atom is -0.382 e. The number of nitrogens with zero attached hydrogens (tertiary/aromatic N) is 1. The number of likely N-dealkylation sites (tertiary alicyclic amines) is 1. The van der Waals surface area contributed by atoms with E-state index in [-0.39, 0.29) is 0 Å². The lowest BCUT2D eigenvalue weighted by Crippen LogP contribution is -2.43. The van der Waals surface area contributed by atoms with Gasteiger partial charge in [-0.2, -0.15) is 0 Å². The van der Waals surface area contributed by atoms with Gasteiger partial charge < -0.3 is 15.0 Å². The molecule has 90 valence electrons. The van der Waals surface area contributed by atoms with Gasteiger partial charge in [-0.05, 0) is 46.3 Å². The Morgan fingerprint density at radius 3 is 3.00 bits per heavy atom. The van der Waals surface area contributed by atoms with Gasteiger partial charge in [0.05, 0.1) is 0 Å². The molecule has 1 fully saturated rings. The van der Waals surface area contributed by atoms with Crippen molar-refractivity contribution in [3.8, 4) is 0 Å². The van der Waals surface area contributed by atoms with Gasteiger partial charge in [0.1, 0.15) is 0 Å². The summed E-state index contributed by atoms with van der Waals surface area (Å²) in [5.41, 5.74) is 0. The van der Waals surface area contributed by atoms with Crippen LogP contribution in [-0.2, 0) is 4.74 Å². The fraction of sp³-hybridized carbons (Fsp3) is 1.00. The van der Waals surface area contributed by atoms with Crippen LogP contribution < -0.4 is 5.32 Å². The van der Waals surface area contributed by atoms with Crippen LogP contribution in [-0.4, -0.2) is 50.8 Å². The average Bonchev–Trinajstić information content (AvgIpc) is 2.25. The van der Waals surface area contributed by atoms with E-state index in [2.05, 4.69) is 17.3 Å². The van der Waals surface area contributed by atoms with Crippen molar-refractivity contribution in [3.63, 3.8) is 0 Å². The maximum Gasteiger partial charge on any atom is 0.0477 e. The van der Waals surface area contributed by atoms with E-state index < -0.39 is 0 Å². The molecule has 0 spiro atoms. The Bertz CT molecular complexity index is 153. The van der Waals surface area contributed by atoms with Crippen LogP contribution in [0.15, 0.2) is 0 Å². The molecule has 3 nitrogen and oxygen atoms in total. The molecule has 0 aromatic rings. The predicted molar refractivity (Wildman–Crippen MR) is 64.2 cm³/mol. The highest BCUT2D eigenvalue weighted by molar-refractivity contribution is 4.75. The summed E-state index contributed by atoms with van der Waals surface area (Å²) in [5, 5.41) is 3.52. The fourth-order valence-electron chi connectivity index (χ4n) is 2.11. The van der Waals surface area contributed by atoms with Gasteiger partial charge in [0.2, 0.25) is 0 Å². The summed E-state index contributed by atoms with van der Waals surface area (Å²) in [6, 6.07) is 0.755.